The second-order valence-electron chi connectivity index (χ2n) is 5.28. The van der Waals surface area contributed by atoms with Crippen LogP contribution in [0.1, 0.15) is 59.8 Å². The molecule has 0 aliphatic heterocycles. The lowest BCUT2D eigenvalue weighted by molar-refractivity contribution is 0.268. The van der Waals surface area contributed by atoms with Crippen LogP contribution >= 0.6 is 0 Å². The summed E-state index contributed by atoms with van der Waals surface area (Å²) in [6.45, 7) is 11.3. The van der Waals surface area contributed by atoms with Gasteiger partial charge in [0, 0.05) is 25.2 Å². The fraction of sp³-hybridized carbons (Fsp3) is 1.00. The molecule has 0 radical (unpaired) electrons. The van der Waals surface area contributed by atoms with Gasteiger partial charge in [0.25, 0.3) is 0 Å². The Balaban J connectivity index is 3.33. The van der Waals surface area contributed by atoms with E-state index in [0.717, 1.165) is 13.1 Å². The molecule has 98 valence electrons. The van der Waals surface area contributed by atoms with E-state index in [2.05, 4.69) is 45.0 Å². The van der Waals surface area contributed by atoms with Crippen molar-refractivity contribution in [3.05, 3.63) is 0 Å². The summed E-state index contributed by atoms with van der Waals surface area (Å²) in [5.41, 5.74) is 0. The first-order valence-corrected chi connectivity index (χ1v) is 7.01. The van der Waals surface area contributed by atoms with E-state index in [0.29, 0.717) is 12.1 Å². The summed E-state index contributed by atoms with van der Waals surface area (Å²) in [4.78, 5) is 2.39. The molecule has 0 amide bonds. The fourth-order valence-electron chi connectivity index (χ4n) is 1.72. The predicted molar refractivity (Wildman–Crippen MR) is 74.0 cm³/mol. The topological polar surface area (TPSA) is 15.3 Å². The van der Waals surface area contributed by atoms with Crippen LogP contribution in [0.15, 0.2) is 0 Å². The molecule has 0 saturated carbocycles. The van der Waals surface area contributed by atoms with E-state index >= 15 is 0 Å². The molecule has 0 spiro atoms. The van der Waals surface area contributed by atoms with Gasteiger partial charge in [-0.2, -0.15) is 0 Å². The molecule has 0 heterocycles. The number of unbranched alkanes of at least 4 members (excludes halogenated alkanes) is 3. The van der Waals surface area contributed by atoms with E-state index < -0.39 is 0 Å². The van der Waals surface area contributed by atoms with Gasteiger partial charge in [0.2, 0.25) is 0 Å². The average Bonchev–Trinajstić information content (AvgIpc) is 2.24. The minimum Gasteiger partial charge on any atom is -0.313 e. The third-order valence-electron chi connectivity index (χ3n) is 3.33. The van der Waals surface area contributed by atoms with Crippen molar-refractivity contribution in [2.45, 2.75) is 71.9 Å². The lowest BCUT2D eigenvalue weighted by Gasteiger charge is -2.22. The fourth-order valence-corrected chi connectivity index (χ4v) is 1.72. The van der Waals surface area contributed by atoms with Gasteiger partial charge in [-0.25, -0.2) is 0 Å². The molecular weight excluding hydrogens is 196 g/mol. The molecule has 0 aromatic carbocycles. The van der Waals surface area contributed by atoms with Gasteiger partial charge in [0.05, 0.1) is 0 Å². The van der Waals surface area contributed by atoms with Crippen molar-refractivity contribution < 1.29 is 0 Å². The Kier molecular flexibility index (Phi) is 10.0. The Bertz CT molecular complexity index is 146. The quantitative estimate of drug-likeness (QED) is 0.577. The highest BCUT2D eigenvalue weighted by atomic mass is 15.1. The molecule has 1 unspecified atom stereocenters. The van der Waals surface area contributed by atoms with Crippen molar-refractivity contribution in [1.29, 1.82) is 0 Å². The molecule has 0 aliphatic carbocycles. The molecule has 1 N–H and O–H groups in total. The van der Waals surface area contributed by atoms with Crippen molar-refractivity contribution in [3.8, 4) is 0 Å². The van der Waals surface area contributed by atoms with Gasteiger partial charge in [-0.05, 0) is 34.2 Å². The van der Waals surface area contributed by atoms with Crippen LogP contribution in [0, 0.1) is 0 Å². The molecule has 0 aliphatic rings. The van der Waals surface area contributed by atoms with Gasteiger partial charge in [-0.3, -0.25) is 0 Å². The first-order chi connectivity index (χ1) is 7.57. The van der Waals surface area contributed by atoms with Crippen molar-refractivity contribution in [3.63, 3.8) is 0 Å². The predicted octanol–water partition coefficient (Wildman–Crippen LogP) is 3.28. The molecule has 0 fully saturated rings. The summed E-state index contributed by atoms with van der Waals surface area (Å²) in [5, 5.41) is 3.60. The maximum atomic E-state index is 3.60. The summed E-state index contributed by atoms with van der Waals surface area (Å²) in [5.74, 6) is 0. The van der Waals surface area contributed by atoms with E-state index in [1.807, 2.05) is 0 Å². The molecular formula is C14H32N2. The summed E-state index contributed by atoms with van der Waals surface area (Å²) in [7, 11) is 2.19. The Morgan fingerprint density at radius 1 is 1.06 bits per heavy atom. The zero-order valence-corrected chi connectivity index (χ0v) is 12.1. The van der Waals surface area contributed by atoms with Crippen molar-refractivity contribution in [2.75, 3.05) is 20.1 Å². The molecule has 2 nitrogen and oxygen atoms in total. The van der Waals surface area contributed by atoms with Crippen LogP contribution in [-0.2, 0) is 0 Å². The number of hydrogen-bond acceptors (Lipinski definition) is 2. The molecule has 0 bridgehead atoms. The number of nitrogens with zero attached hydrogens (tertiary/aromatic N) is 1. The maximum Gasteiger partial charge on any atom is 0.0107 e. The Morgan fingerprint density at radius 3 is 2.31 bits per heavy atom. The SMILES string of the molecule is CCCCCCC(C)NCCN(C)C(C)C. The maximum absolute atomic E-state index is 3.60. The number of rotatable bonds is 10. The molecule has 0 saturated heterocycles. The van der Waals surface area contributed by atoms with E-state index in [4.69, 9.17) is 0 Å². The van der Waals surface area contributed by atoms with Crippen LogP contribution in [0.5, 0.6) is 0 Å². The second kappa shape index (κ2) is 10.1. The monoisotopic (exact) mass is 228 g/mol. The van der Waals surface area contributed by atoms with Crippen LogP contribution in [0.2, 0.25) is 0 Å². The van der Waals surface area contributed by atoms with Crippen LogP contribution in [-0.4, -0.2) is 37.1 Å². The van der Waals surface area contributed by atoms with E-state index in [1.54, 1.807) is 0 Å². The molecule has 0 rings (SSSR count). The zero-order chi connectivity index (χ0) is 12.4. The number of nitrogens with one attached hydrogen (secondary N) is 1. The highest BCUT2D eigenvalue weighted by Crippen LogP contribution is 2.05. The largest absolute Gasteiger partial charge is 0.313 e. The second-order valence-corrected chi connectivity index (χ2v) is 5.28. The van der Waals surface area contributed by atoms with Gasteiger partial charge in [-0.15, -0.1) is 0 Å². The number of likely N-dealkylation sites (N-methyl/N-ethyl adjacent to an activating group) is 1. The normalized spacial score (nSPS) is 13.7. The lowest BCUT2D eigenvalue weighted by atomic mass is 10.1. The van der Waals surface area contributed by atoms with Crippen LogP contribution < -0.4 is 5.32 Å². The third kappa shape index (κ3) is 9.17. The highest BCUT2D eigenvalue weighted by Gasteiger charge is 2.04. The number of hydrogen-bond donors (Lipinski definition) is 1. The van der Waals surface area contributed by atoms with Gasteiger partial charge >= 0.3 is 0 Å². The molecule has 0 aromatic heterocycles. The molecule has 1 atom stereocenters. The molecule has 0 aromatic rings. The van der Waals surface area contributed by atoms with E-state index in [-0.39, 0.29) is 0 Å². The van der Waals surface area contributed by atoms with Gasteiger partial charge in [-0.1, -0.05) is 32.6 Å². The van der Waals surface area contributed by atoms with Crippen molar-refractivity contribution in [1.82, 2.24) is 10.2 Å². The summed E-state index contributed by atoms with van der Waals surface area (Å²) in [6, 6.07) is 1.33. The Morgan fingerprint density at radius 2 is 1.75 bits per heavy atom. The first kappa shape index (κ1) is 15.9. The van der Waals surface area contributed by atoms with Crippen molar-refractivity contribution in [2.24, 2.45) is 0 Å². The third-order valence-corrected chi connectivity index (χ3v) is 3.33. The van der Waals surface area contributed by atoms with Crippen LogP contribution in [0.4, 0.5) is 0 Å². The van der Waals surface area contributed by atoms with Gasteiger partial charge in [0.15, 0.2) is 0 Å². The van der Waals surface area contributed by atoms with Gasteiger partial charge in [0.1, 0.15) is 0 Å². The lowest BCUT2D eigenvalue weighted by Crippen LogP contribution is -2.37. The zero-order valence-electron chi connectivity index (χ0n) is 12.1. The summed E-state index contributed by atoms with van der Waals surface area (Å²) >= 11 is 0. The van der Waals surface area contributed by atoms with Crippen LogP contribution in [0.25, 0.3) is 0 Å². The van der Waals surface area contributed by atoms with Gasteiger partial charge < -0.3 is 10.2 Å². The molecule has 2 heteroatoms. The minimum absolute atomic E-state index is 0.654. The standard InChI is InChI=1S/C14H32N2/c1-6-7-8-9-10-14(4)15-11-12-16(5)13(2)3/h13-15H,6-12H2,1-5H3. The first-order valence-electron chi connectivity index (χ1n) is 7.01. The smallest absolute Gasteiger partial charge is 0.0107 e. The van der Waals surface area contributed by atoms with Crippen molar-refractivity contribution >= 4 is 0 Å². The van der Waals surface area contributed by atoms with E-state index in [1.165, 1.54) is 32.1 Å². The van der Waals surface area contributed by atoms with Crippen LogP contribution in [0.3, 0.4) is 0 Å². The van der Waals surface area contributed by atoms with E-state index in [9.17, 15) is 0 Å². The Labute approximate surface area is 103 Å². The highest BCUT2D eigenvalue weighted by molar-refractivity contribution is 4.64. The molecule has 16 heavy (non-hydrogen) atoms. The summed E-state index contributed by atoms with van der Waals surface area (Å²) < 4.78 is 0. The average molecular weight is 228 g/mol. The summed E-state index contributed by atoms with van der Waals surface area (Å²) in [6.07, 6.45) is 6.83. The Hall–Kier alpha value is -0.0800. The minimum atomic E-state index is 0.654.